The lowest BCUT2D eigenvalue weighted by atomic mass is 10.1. The SMILES string of the molecule is CCCn1c(C)c(C(=O)Nc2cccc3cccnc23)c2cc(OC)ccc21. The van der Waals surface area contributed by atoms with Crippen LogP contribution < -0.4 is 10.1 Å². The highest BCUT2D eigenvalue weighted by Gasteiger charge is 2.21. The second-order valence-corrected chi connectivity index (χ2v) is 6.83. The minimum atomic E-state index is -0.135. The van der Waals surface area contributed by atoms with Gasteiger partial charge in [-0.1, -0.05) is 25.1 Å². The second kappa shape index (κ2) is 7.35. The zero-order valence-electron chi connectivity index (χ0n) is 16.3. The summed E-state index contributed by atoms with van der Waals surface area (Å²) in [6.07, 6.45) is 2.73. The molecule has 0 aliphatic heterocycles. The third-order valence-electron chi connectivity index (χ3n) is 5.09. The summed E-state index contributed by atoms with van der Waals surface area (Å²) in [6, 6.07) is 15.6. The normalized spacial score (nSPS) is 11.1. The van der Waals surface area contributed by atoms with Crippen molar-refractivity contribution < 1.29 is 9.53 Å². The molecule has 0 saturated heterocycles. The Bertz CT molecular complexity index is 1170. The smallest absolute Gasteiger partial charge is 0.258 e. The van der Waals surface area contributed by atoms with Gasteiger partial charge in [0.2, 0.25) is 0 Å². The summed E-state index contributed by atoms with van der Waals surface area (Å²) in [6.45, 7) is 4.99. The first kappa shape index (κ1) is 18.0. The number of aryl methyl sites for hydroxylation is 1. The first-order chi connectivity index (χ1) is 13.6. The fourth-order valence-corrected chi connectivity index (χ4v) is 3.78. The predicted molar refractivity (Wildman–Crippen MR) is 113 cm³/mol. The molecule has 2 aromatic heterocycles. The molecule has 4 rings (SSSR count). The van der Waals surface area contributed by atoms with Crippen molar-refractivity contribution in [3.63, 3.8) is 0 Å². The number of hydrogen-bond acceptors (Lipinski definition) is 3. The topological polar surface area (TPSA) is 56.2 Å². The number of ether oxygens (including phenoxy) is 1. The molecule has 5 heteroatoms. The van der Waals surface area contributed by atoms with Crippen LogP contribution in [0.5, 0.6) is 5.75 Å². The van der Waals surface area contributed by atoms with Gasteiger partial charge in [0.25, 0.3) is 5.91 Å². The fraction of sp³-hybridized carbons (Fsp3) is 0.217. The number of fused-ring (bicyclic) bond motifs is 2. The van der Waals surface area contributed by atoms with Gasteiger partial charge in [-0.25, -0.2) is 0 Å². The summed E-state index contributed by atoms with van der Waals surface area (Å²) in [7, 11) is 1.64. The van der Waals surface area contributed by atoms with Crippen LogP contribution in [0.4, 0.5) is 5.69 Å². The van der Waals surface area contributed by atoms with E-state index in [-0.39, 0.29) is 5.91 Å². The Labute approximate surface area is 164 Å². The number of nitrogens with zero attached hydrogens (tertiary/aromatic N) is 2. The van der Waals surface area contributed by atoms with E-state index in [1.165, 1.54) is 0 Å². The molecule has 2 aromatic carbocycles. The van der Waals surface area contributed by atoms with E-state index in [1.54, 1.807) is 13.3 Å². The van der Waals surface area contributed by atoms with E-state index < -0.39 is 0 Å². The highest BCUT2D eigenvalue weighted by atomic mass is 16.5. The summed E-state index contributed by atoms with van der Waals surface area (Å²) in [5.41, 5.74) is 4.17. The van der Waals surface area contributed by atoms with E-state index in [0.717, 1.165) is 46.2 Å². The number of aromatic nitrogens is 2. The highest BCUT2D eigenvalue weighted by molar-refractivity contribution is 6.16. The van der Waals surface area contributed by atoms with E-state index >= 15 is 0 Å². The molecule has 0 radical (unpaired) electrons. The Morgan fingerprint density at radius 2 is 2.00 bits per heavy atom. The number of rotatable bonds is 5. The molecule has 142 valence electrons. The van der Waals surface area contributed by atoms with Gasteiger partial charge in [-0.15, -0.1) is 0 Å². The maximum atomic E-state index is 13.3. The van der Waals surface area contributed by atoms with Gasteiger partial charge in [-0.05, 0) is 43.7 Å². The van der Waals surface area contributed by atoms with Gasteiger partial charge in [-0.3, -0.25) is 9.78 Å². The summed E-state index contributed by atoms with van der Waals surface area (Å²) in [5.74, 6) is 0.603. The van der Waals surface area contributed by atoms with E-state index in [1.807, 2.05) is 55.5 Å². The van der Waals surface area contributed by atoms with Gasteiger partial charge in [0.1, 0.15) is 5.75 Å². The van der Waals surface area contributed by atoms with Crippen molar-refractivity contribution in [2.24, 2.45) is 0 Å². The maximum absolute atomic E-state index is 13.3. The molecule has 5 nitrogen and oxygen atoms in total. The average molecular weight is 373 g/mol. The van der Waals surface area contributed by atoms with Crippen molar-refractivity contribution in [1.29, 1.82) is 0 Å². The van der Waals surface area contributed by atoms with Gasteiger partial charge >= 0.3 is 0 Å². The molecule has 0 aliphatic rings. The molecule has 0 aliphatic carbocycles. The molecule has 1 amide bonds. The summed E-state index contributed by atoms with van der Waals surface area (Å²) in [5, 5.41) is 4.96. The Morgan fingerprint density at radius 1 is 1.18 bits per heavy atom. The number of methoxy groups -OCH3 is 1. The fourth-order valence-electron chi connectivity index (χ4n) is 3.78. The van der Waals surface area contributed by atoms with Crippen molar-refractivity contribution >= 4 is 33.4 Å². The summed E-state index contributed by atoms with van der Waals surface area (Å²) in [4.78, 5) is 17.8. The second-order valence-electron chi connectivity index (χ2n) is 6.83. The van der Waals surface area contributed by atoms with Crippen LogP contribution in [0.3, 0.4) is 0 Å². The number of anilines is 1. The van der Waals surface area contributed by atoms with Crippen LogP contribution in [-0.4, -0.2) is 22.6 Å². The Hall–Kier alpha value is -3.34. The summed E-state index contributed by atoms with van der Waals surface area (Å²) >= 11 is 0. The quantitative estimate of drug-likeness (QED) is 0.525. The molecule has 28 heavy (non-hydrogen) atoms. The molecule has 2 heterocycles. The van der Waals surface area contributed by atoms with Gasteiger partial charge < -0.3 is 14.6 Å². The minimum absolute atomic E-state index is 0.135. The molecule has 4 aromatic rings. The average Bonchev–Trinajstić information content (AvgIpc) is 2.99. The van der Waals surface area contributed by atoms with Crippen LogP contribution in [0.15, 0.2) is 54.7 Å². The van der Waals surface area contributed by atoms with Crippen molar-refractivity contribution in [3.05, 3.63) is 66.0 Å². The van der Waals surface area contributed by atoms with Gasteiger partial charge in [-0.2, -0.15) is 0 Å². The van der Waals surface area contributed by atoms with Crippen molar-refractivity contribution in [1.82, 2.24) is 9.55 Å². The Kier molecular flexibility index (Phi) is 4.74. The molecule has 0 spiro atoms. The zero-order chi connectivity index (χ0) is 19.7. The van der Waals surface area contributed by atoms with Crippen LogP contribution in [-0.2, 0) is 6.54 Å². The lowest BCUT2D eigenvalue weighted by molar-refractivity contribution is 0.102. The van der Waals surface area contributed by atoms with Crippen LogP contribution in [0.1, 0.15) is 29.4 Å². The number of carbonyl (C=O) groups excluding carboxylic acids is 1. The molecule has 0 bridgehead atoms. The molecule has 0 saturated carbocycles. The molecule has 0 unspecified atom stereocenters. The largest absolute Gasteiger partial charge is 0.497 e. The molecular weight excluding hydrogens is 350 g/mol. The van der Waals surface area contributed by atoms with Crippen LogP contribution in [0, 0.1) is 6.92 Å². The van der Waals surface area contributed by atoms with Crippen molar-refractivity contribution in [2.75, 3.05) is 12.4 Å². The van der Waals surface area contributed by atoms with Gasteiger partial charge in [0.15, 0.2) is 0 Å². The number of amides is 1. The Morgan fingerprint density at radius 3 is 2.79 bits per heavy atom. The third-order valence-corrected chi connectivity index (χ3v) is 5.09. The monoisotopic (exact) mass is 373 g/mol. The maximum Gasteiger partial charge on any atom is 0.258 e. The van der Waals surface area contributed by atoms with Crippen LogP contribution >= 0.6 is 0 Å². The van der Waals surface area contributed by atoms with Gasteiger partial charge in [0, 0.05) is 34.7 Å². The number of hydrogen-bond donors (Lipinski definition) is 1. The van der Waals surface area contributed by atoms with E-state index in [9.17, 15) is 4.79 Å². The van der Waals surface area contributed by atoms with E-state index in [4.69, 9.17) is 4.74 Å². The third kappa shape index (κ3) is 2.99. The number of para-hydroxylation sites is 1. The standard InChI is InChI=1S/C23H23N3O2/c1-4-13-26-15(2)21(18-14-17(28-3)10-11-20(18)26)23(27)25-19-9-5-7-16-8-6-12-24-22(16)19/h5-12,14H,4,13H2,1-3H3,(H,25,27). The van der Waals surface area contributed by atoms with E-state index in [0.29, 0.717) is 11.3 Å². The van der Waals surface area contributed by atoms with Crippen molar-refractivity contribution in [2.45, 2.75) is 26.8 Å². The van der Waals surface area contributed by atoms with Crippen molar-refractivity contribution in [3.8, 4) is 5.75 Å². The highest BCUT2D eigenvalue weighted by Crippen LogP contribution is 2.31. The van der Waals surface area contributed by atoms with Crippen LogP contribution in [0.2, 0.25) is 0 Å². The first-order valence-corrected chi connectivity index (χ1v) is 9.46. The van der Waals surface area contributed by atoms with Crippen LogP contribution in [0.25, 0.3) is 21.8 Å². The number of pyridine rings is 1. The lowest BCUT2D eigenvalue weighted by Crippen LogP contribution is -2.14. The number of carbonyl (C=O) groups is 1. The number of benzene rings is 2. The molecule has 1 N–H and O–H groups in total. The number of nitrogens with one attached hydrogen (secondary N) is 1. The predicted octanol–water partition coefficient (Wildman–Crippen LogP) is 5.17. The minimum Gasteiger partial charge on any atom is -0.497 e. The summed E-state index contributed by atoms with van der Waals surface area (Å²) < 4.78 is 7.59. The first-order valence-electron chi connectivity index (χ1n) is 9.46. The molecular formula is C23H23N3O2. The lowest BCUT2D eigenvalue weighted by Gasteiger charge is -2.09. The zero-order valence-corrected chi connectivity index (χ0v) is 16.3. The molecule has 0 fully saturated rings. The van der Waals surface area contributed by atoms with E-state index in [2.05, 4.69) is 21.8 Å². The molecule has 0 atom stereocenters. The van der Waals surface area contributed by atoms with Gasteiger partial charge in [0.05, 0.1) is 23.9 Å². The Balaban J connectivity index is 1.83.